The normalized spacial score (nSPS) is 14.1. The number of aryl methyl sites for hydroxylation is 1. The summed E-state index contributed by atoms with van der Waals surface area (Å²) in [6.45, 7) is 1.93. The summed E-state index contributed by atoms with van der Waals surface area (Å²) in [4.78, 5) is 29.0. The third-order valence-corrected chi connectivity index (χ3v) is 4.55. The summed E-state index contributed by atoms with van der Waals surface area (Å²) in [5, 5.41) is 5.82. The van der Waals surface area contributed by atoms with Gasteiger partial charge in [-0.15, -0.1) is 0 Å². The predicted octanol–water partition coefficient (Wildman–Crippen LogP) is 3.32. The Morgan fingerprint density at radius 2 is 1.88 bits per heavy atom. The minimum atomic E-state index is -0.385. The standard InChI is InChI=1S/C20H23N3O3/c1-13-7-8-18(26-2)16(11-13)23-20(25)17-12-14(9-10-21-17)19(24)22-15-5-3-4-6-15/h7-12,15H,3-6H2,1-2H3,(H,22,24)(H,23,25). The molecule has 0 unspecified atom stereocenters. The number of carbonyl (C=O) groups excluding carboxylic acids is 2. The zero-order chi connectivity index (χ0) is 18.5. The number of benzene rings is 1. The quantitative estimate of drug-likeness (QED) is 0.864. The Morgan fingerprint density at radius 3 is 2.62 bits per heavy atom. The second-order valence-corrected chi connectivity index (χ2v) is 6.54. The third kappa shape index (κ3) is 4.20. The molecule has 6 nitrogen and oxygen atoms in total. The summed E-state index contributed by atoms with van der Waals surface area (Å²) in [5.74, 6) is 0.0185. The lowest BCUT2D eigenvalue weighted by atomic mass is 10.1. The fraction of sp³-hybridized carbons (Fsp3) is 0.350. The molecule has 0 radical (unpaired) electrons. The van der Waals surface area contributed by atoms with E-state index in [-0.39, 0.29) is 23.6 Å². The largest absolute Gasteiger partial charge is 0.495 e. The maximum absolute atomic E-state index is 12.6. The van der Waals surface area contributed by atoms with Crippen molar-refractivity contribution in [2.45, 2.75) is 38.6 Å². The molecule has 1 aliphatic carbocycles. The molecule has 0 spiro atoms. The molecule has 0 aliphatic heterocycles. The molecule has 1 heterocycles. The average molecular weight is 353 g/mol. The zero-order valence-corrected chi connectivity index (χ0v) is 15.0. The Balaban J connectivity index is 1.74. The molecule has 2 aromatic rings. The first-order chi connectivity index (χ1) is 12.6. The van der Waals surface area contributed by atoms with Crippen LogP contribution >= 0.6 is 0 Å². The number of pyridine rings is 1. The molecule has 26 heavy (non-hydrogen) atoms. The molecule has 3 rings (SSSR count). The van der Waals surface area contributed by atoms with Crippen LogP contribution in [-0.4, -0.2) is 29.9 Å². The number of methoxy groups -OCH3 is 1. The van der Waals surface area contributed by atoms with Crippen molar-refractivity contribution in [2.75, 3.05) is 12.4 Å². The minimum Gasteiger partial charge on any atom is -0.495 e. The first kappa shape index (κ1) is 17.9. The van der Waals surface area contributed by atoms with E-state index in [0.29, 0.717) is 17.0 Å². The Hall–Kier alpha value is -2.89. The fourth-order valence-corrected chi connectivity index (χ4v) is 3.14. The van der Waals surface area contributed by atoms with Crippen LogP contribution in [0.5, 0.6) is 5.75 Å². The summed E-state index contributed by atoms with van der Waals surface area (Å²) < 4.78 is 5.27. The van der Waals surface area contributed by atoms with E-state index in [1.165, 1.54) is 12.3 Å². The number of hydrogen-bond donors (Lipinski definition) is 2. The van der Waals surface area contributed by atoms with Gasteiger partial charge in [0.25, 0.3) is 11.8 Å². The number of hydrogen-bond acceptors (Lipinski definition) is 4. The summed E-state index contributed by atoms with van der Waals surface area (Å²) in [6, 6.07) is 8.89. The smallest absolute Gasteiger partial charge is 0.274 e. The Bertz CT molecular complexity index is 814. The van der Waals surface area contributed by atoms with Crippen LogP contribution in [0.3, 0.4) is 0 Å². The maximum atomic E-state index is 12.6. The average Bonchev–Trinajstić information content (AvgIpc) is 3.15. The second-order valence-electron chi connectivity index (χ2n) is 6.54. The van der Waals surface area contributed by atoms with Gasteiger partial charge in [0, 0.05) is 17.8 Å². The summed E-state index contributed by atoms with van der Waals surface area (Å²) in [7, 11) is 1.55. The van der Waals surface area contributed by atoms with E-state index >= 15 is 0 Å². The van der Waals surface area contributed by atoms with Crippen molar-refractivity contribution in [1.82, 2.24) is 10.3 Å². The van der Waals surface area contributed by atoms with Crippen LogP contribution in [0.1, 0.15) is 52.1 Å². The van der Waals surface area contributed by atoms with Gasteiger partial charge < -0.3 is 15.4 Å². The Morgan fingerprint density at radius 1 is 1.12 bits per heavy atom. The van der Waals surface area contributed by atoms with E-state index in [1.807, 2.05) is 19.1 Å². The molecular weight excluding hydrogens is 330 g/mol. The predicted molar refractivity (Wildman–Crippen MR) is 99.6 cm³/mol. The van der Waals surface area contributed by atoms with Crippen molar-refractivity contribution in [3.8, 4) is 5.75 Å². The lowest BCUT2D eigenvalue weighted by Crippen LogP contribution is -2.32. The van der Waals surface area contributed by atoms with Crippen LogP contribution < -0.4 is 15.4 Å². The molecular formula is C20H23N3O3. The van der Waals surface area contributed by atoms with E-state index in [9.17, 15) is 9.59 Å². The number of rotatable bonds is 5. The topological polar surface area (TPSA) is 80.3 Å². The molecule has 2 amide bonds. The molecule has 0 saturated heterocycles. The maximum Gasteiger partial charge on any atom is 0.274 e. The Labute approximate surface area is 153 Å². The van der Waals surface area contributed by atoms with Gasteiger partial charge in [-0.3, -0.25) is 14.6 Å². The van der Waals surface area contributed by atoms with Crippen LogP contribution in [0, 0.1) is 6.92 Å². The lowest BCUT2D eigenvalue weighted by molar-refractivity contribution is 0.0937. The van der Waals surface area contributed by atoms with Gasteiger partial charge in [-0.2, -0.15) is 0 Å². The lowest BCUT2D eigenvalue weighted by Gasteiger charge is -2.13. The monoisotopic (exact) mass is 353 g/mol. The van der Waals surface area contributed by atoms with E-state index in [1.54, 1.807) is 19.2 Å². The summed E-state index contributed by atoms with van der Waals surface area (Å²) >= 11 is 0. The van der Waals surface area contributed by atoms with Gasteiger partial charge in [0.05, 0.1) is 12.8 Å². The van der Waals surface area contributed by atoms with Crippen molar-refractivity contribution in [1.29, 1.82) is 0 Å². The van der Waals surface area contributed by atoms with E-state index in [4.69, 9.17) is 4.74 Å². The molecule has 2 N–H and O–H groups in total. The number of carbonyl (C=O) groups is 2. The molecule has 6 heteroatoms. The molecule has 1 saturated carbocycles. The van der Waals surface area contributed by atoms with E-state index < -0.39 is 0 Å². The minimum absolute atomic E-state index is 0.165. The van der Waals surface area contributed by atoms with Crippen molar-refractivity contribution in [3.63, 3.8) is 0 Å². The van der Waals surface area contributed by atoms with Crippen LogP contribution in [0.2, 0.25) is 0 Å². The van der Waals surface area contributed by atoms with Crippen LogP contribution in [-0.2, 0) is 0 Å². The van der Waals surface area contributed by atoms with Crippen molar-refractivity contribution in [3.05, 3.63) is 53.3 Å². The molecule has 1 aromatic carbocycles. The van der Waals surface area contributed by atoms with Crippen LogP contribution in [0.25, 0.3) is 0 Å². The van der Waals surface area contributed by atoms with Gasteiger partial charge in [0.15, 0.2) is 0 Å². The van der Waals surface area contributed by atoms with E-state index in [0.717, 1.165) is 31.2 Å². The number of aromatic nitrogens is 1. The summed E-state index contributed by atoms with van der Waals surface area (Å²) in [6.07, 6.45) is 5.79. The highest BCUT2D eigenvalue weighted by Gasteiger charge is 2.19. The molecule has 0 bridgehead atoms. The third-order valence-electron chi connectivity index (χ3n) is 4.55. The SMILES string of the molecule is COc1ccc(C)cc1NC(=O)c1cc(C(=O)NC2CCCC2)ccn1. The first-order valence-corrected chi connectivity index (χ1v) is 8.79. The number of nitrogens with one attached hydrogen (secondary N) is 2. The fourth-order valence-electron chi connectivity index (χ4n) is 3.14. The molecule has 1 aromatic heterocycles. The van der Waals surface area contributed by atoms with Gasteiger partial charge in [-0.05, 0) is 49.6 Å². The van der Waals surface area contributed by atoms with Gasteiger partial charge in [0.1, 0.15) is 11.4 Å². The van der Waals surface area contributed by atoms with Gasteiger partial charge >= 0.3 is 0 Å². The van der Waals surface area contributed by atoms with Crippen LogP contribution in [0.4, 0.5) is 5.69 Å². The highest BCUT2D eigenvalue weighted by Crippen LogP contribution is 2.25. The Kier molecular flexibility index (Phi) is 5.51. The molecule has 136 valence electrons. The number of amides is 2. The van der Waals surface area contributed by atoms with Crippen LogP contribution in [0.15, 0.2) is 36.5 Å². The highest BCUT2D eigenvalue weighted by atomic mass is 16.5. The van der Waals surface area contributed by atoms with Crippen molar-refractivity contribution >= 4 is 17.5 Å². The molecule has 0 atom stereocenters. The van der Waals surface area contributed by atoms with Crippen molar-refractivity contribution < 1.29 is 14.3 Å². The number of ether oxygens (including phenoxy) is 1. The van der Waals surface area contributed by atoms with Gasteiger partial charge in [-0.1, -0.05) is 18.9 Å². The number of nitrogens with zero attached hydrogens (tertiary/aromatic N) is 1. The van der Waals surface area contributed by atoms with Gasteiger partial charge in [0.2, 0.25) is 0 Å². The highest BCUT2D eigenvalue weighted by molar-refractivity contribution is 6.05. The zero-order valence-electron chi connectivity index (χ0n) is 15.0. The molecule has 1 aliphatic rings. The number of anilines is 1. The van der Waals surface area contributed by atoms with E-state index in [2.05, 4.69) is 15.6 Å². The molecule has 1 fully saturated rings. The first-order valence-electron chi connectivity index (χ1n) is 8.79. The summed E-state index contributed by atoms with van der Waals surface area (Å²) in [5.41, 5.74) is 2.19. The van der Waals surface area contributed by atoms with Crippen molar-refractivity contribution in [2.24, 2.45) is 0 Å². The second kappa shape index (κ2) is 7.99. The van der Waals surface area contributed by atoms with Gasteiger partial charge in [-0.25, -0.2) is 0 Å².